The molecule has 4 fully saturated rings. The van der Waals surface area contributed by atoms with Gasteiger partial charge in [-0.2, -0.15) is 0 Å². The summed E-state index contributed by atoms with van der Waals surface area (Å²) in [6, 6.07) is 12.4. The predicted octanol–water partition coefficient (Wildman–Crippen LogP) is 5.86. The van der Waals surface area contributed by atoms with Crippen LogP contribution in [0.15, 0.2) is 42.5 Å². The Morgan fingerprint density at radius 1 is 0.844 bits per heavy atom. The molecule has 2 atom stereocenters. The van der Waals surface area contributed by atoms with Crippen LogP contribution in [0.4, 0.5) is 4.79 Å². The summed E-state index contributed by atoms with van der Waals surface area (Å²) in [7, 11) is 1.58. The van der Waals surface area contributed by atoms with E-state index in [1.54, 1.807) is 51.0 Å². The van der Waals surface area contributed by atoms with E-state index in [0.717, 1.165) is 102 Å². The van der Waals surface area contributed by atoms with Gasteiger partial charge in [-0.05, 0) is 121 Å². The standard InChI is InChI=1S/C49H72N6O9/c1-6-63-42-29-41(62-5)18-17-40(42)32-55(48(61)64-49(2,3)4)33-43(56)54-21-11-16-39(31-54)37-14-10-15-38(28-37)46(59)50-45(36-12-8-7-9-13-36)47(60)53-26-24-52(25-27-53)30-35-19-22-51(23-20-35)34-44(57)58/h10,14-15,17-18,28-29,35-36,39,45H,6-9,11-13,16,19-27,30-34H2,1-5H3,(H,50,59)(H,57,58)/t39?,45-/m1/s1. The van der Waals surface area contributed by atoms with E-state index in [0.29, 0.717) is 55.8 Å². The Bertz CT molecular complexity index is 1900. The van der Waals surface area contributed by atoms with Crippen LogP contribution in [-0.2, 0) is 25.7 Å². The normalized spacial score (nSPS) is 20.0. The number of nitrogens with zero attached hydrogens (tertiary/aromatic N) is 5. The second-order valence-corrected chi connectivity index (χ2v) is 19.1. The Labute approximate surface area is 379 Å². The van der Waals surface area contributed by atoms with Gasteiger partial charge in [0.05, 0.1) is 26.8 Å². The third-order valence-electron chi connectivity index (χ3n) is 13.2. The summed E-state index contributed by atoms with van der Waals surface area (Å²) in [6.45, 7) is 14.1. The van der Waals surface area contributed by atoms with Gasteiger partial charge in [0, 0.05) is 68.9 Å². The molecule has 64 heavy (non-hydrogen) atoms. The molecule has 0 aromatic heterocycles. The Balaban J connectivity index is 1.08. The molecule has 4 aliphatic rings. The zero-order valence-electron chi connectivity index (χ0n) is 38.9. The Kier molecular flexibility index (Phi) is 17.3. The summed E-state index contributed by atoms with van der Waals surface area (Å²) in [4.78, 5) is 76.8. The molecular formula is C49H72N6O9. The number of likely N-dealkylation sites (tertiary alicyclic amines) is 2. The Morgan fingerprint density at radius 2 is 1.58 bits per heavy atom. The van der Waals surface area contributed by atoms with Crippen molar-refractivity contribution in [1.82, 2.24) is 29.8 Å². The average Bonchev–Trinajstić information content (AvgIpc) is 3.28. The van der Waals surface area contributed by atoms with E-state index in [2.05, 4.69) is 10.2 Å². The molecule has 0 radical (unpaired) electrons. The summed E-state index contributed by atoms with van der Waals surface area (Å²) in [6.07, 6.45) is 8.01. The van der Waals surface area contributed by atoms with Crippen molar-refractivity contribution in [1.29, 1.82) is 0 Å². The van der Waals surface area contributed by atoms with Crippen molar-refractivity contribution >= 4 is 29.8 Å². The SMILES string of the molecule is CCOc1cc(OC)ccc1CN(CC(=O)N1CCCC(c2cccc(C(=O)N[C@@H](C(=O)N3CCN(CC4CCN(CC(=O)O)CC4)CC3)C3CCCCC3)c2)C1)C(=O)OC(C)(C)C. The number of carboxylic acid groups (broad SMARTS) is 1. The molecule has 0 bridgehead atoms. The first kappa shape index (κ1) is 48.6. The van der Waals surface area contributed by atoms with Crippen LogP contribution < -0.4 is 14.8 Å². The van der Waals surface area contributed by atoms with Crippen LogP contribution in [0.5, 0.6) is 11.5 Å². The minimum atomic E-state index is -0.779. The third-order valence-corrected chi connectivity index (χ3v) is 13.2. The van der Waals surface area contributed by atoms with Gasteiger partial charge in [0.2, 0.25) is 11.8 Å². The molecule has 1 unspecified atom stereocenters. The lowest BCUT2D eigenvalue weighted by molar-refractivity contribution is -0.139. The number of hydrogen-bond acceptors (Lipinski definition) is 10. The van der Waals surface area contributed by atoms with Crippen LogP contribution in [0.2, 0.25) is 0 Å². The Hall–Kier alpha value is -4.89. The zero-order chi connectivity index (χ0) is 45.8. The topological polar surface area (TPSA) is 161 Å². The van der Waals surface area contributed by atoms with Crippen LogP contribution in [-0.4, -0.2) is 157 Å². The summed E-state index contributed by atoms with van der Waals surface area (Å²) >= 11 is 0. The summed E-state index contributed by atoms with van der Waals surface area (Å²) < 4.78 is 17.0. The van der Waals surface area contributed by atoms with Crippen molar-refractivity contribution in [2.24, 2.45) is 11.8 Å². The van der Waals surface area contributed by atoms with Crippen molar-refractivity contribution in [2.45, 2.75) is 110 Å². The molecule has 0 spiro atoms. The monoisotopic (exact) mass is 889 g/mol. The first-order chi connectivity index (χ1) is 30.7. The van der Waals surface area contributed by atoms with Crippen molar-refractivity contribution in [3.8, 4) is 11.5 Å². The van der Waals surface area contributed by atoms with Gasteiger partial charge in [-0.15, -0.1) is 0 Å². The lowest BCUT2D eigenvalue weighted by Crippen LogP contribution is -2.57. The number of benzene rings is 2. The van der Waals surface area contributed by atoms with Gasteiger partial charge in [-0.1, -0.05) is 31.4 Å². The summed E-state index contributed by atoms with van der Waals surface area (Å²) in [5.74, 6) is 0.543. The molecule has 2 aromatic carbocycles. The molecule has 6 rings (SSSR count). The van der Waals surface area contributed by atoms with Crippen LogP contribution in [0.1, 0.15) is 113 Å². The maximum atomic E-state index is 14.3. The van der Waals surface area contributed by atoms with Gasteiger partial charge in [-0.25, -0.2) is 4.79 Å². The molecule has 4 amide bonds. The molecule has 1 aliphatic carbocycles. The zero-order valence-corrected chi connectivity index (χ0v) is 38.9. The van der Waals surface area contributed by atoms with E-state index in [1.807, 2.05) is 41.0 Å². The van der Waals surface area contributed by atoms with Crippen LogP contribution in [0, 0.1) is 11.8 Å². The quantitative estimate of drug-likeness (QED) is 0.208. The predicted molar refractivity (Wildman–Crippen MR) is 243 cm³/mol. The minimum Gasteiger partial charge on any atom is -0.497 e. The number of amides is 4. The van der Waals surface area contributed by atoms with Gasteiger partial charge in [0.1, 0.15) is 29.7 Å². The van der Waals surface area contributed by atoms with E-state index in [-0.39, 0.29) is 49.2 Å². The van der Waals surface area contributed by atoms with E-state index in [9.17, 15) is 24.0 Å². The van der Waals surface area contributed by atoms with Crippen LogP contribution in [0.25, 0.3) is 0 Å². The highest BCUT2D eigenvalue weighted by atomic mass is 16.6. The van der Waals surface area contributed by atoms with E-state index < -0.39 is 23.7 Å². The number of piperidine rings is 2. The molecule has 352 valence electrons. The fourth-order valence-corrected chi connectivity index (χ4v) is 9.78. The first-order valence-corrected chi connectivity index (χ1v) is 23.6. The van der Waals surface area contributed by atoms with Gasteiger partial charge < -0.3 is 34.4 Å². The number of aliphatic carboxylic acids is 1. The van der Waals surface area contributed by atoms with Gasteiger partial charge in [-0.3, -0.25) is 33.9 Å². The lowest BCUT2D eigenvalue weighted by Gasteiger charge is -2.40. The Morgan fingerprint density at radius 3 is 2.25 bits per heavy atom. The number of methoxy groups -OCH3 is 1. The fraction of sp³-hybridized carbons (Fsp3) is 0.653. The molecule has 2 aromatic rings. The summed E-state index contributed by atoms with van der Waals surface area (Å²) in [5, 5.41) is 12.4. The maximum absolute atomic E-state index is 14.3. The van der Waals surface area contributed by atoms with Gasteiger partial charge in [0.15, 0.2) is 0 Å². The molecule has 3 saturated heterocycles. The second kappa shape index (κ2) is 22.8. The van der Waals surface area contributed by atoms with Crippen molar-refractivity contribution in [3.63, 3.8) is 0 Å². The lowest BCUT2D eigenvalue weighted by atomic mass is 9.83. The maximum Gasteiger partial charge on any atom is 0.411 e. The van der Waals surface area contributed by atoms with Gasteiger partial charge in [0.25, 0.3) is 5.91 Å². The smallest absolute Gasteiger partial charge is 0.411 e. The summed E-state index contributed by atoms with van der Waals surface area (Å²) in [5.41, 5.74) is 1.41. The van der Waals surface area contributed by atoms with Crippen LogP contribution >= 0.6 is 0 Å². The highest BCUT2D eigenvalue weighted by Gasteiger charge is 2.36. The first-order valence-electron chi connectivity index (χ1n) is 23.6. The third kappa shape index (κ3) is 13.8. The number of carboxylic acids is 1. The molecule has 3 heterocycles. The van der Waals surface area contributed by atoms with Crippen molar-refractivity contribution in [3.05, 3.63) is 59.2 Å². The van der Waals surface area contributed by atoms with E-state index in [4.69, 9.17) is 19.3 Å². The molecule has 2 N–H and O–H groups in total. The number of hydrogen-bond donors (Lipinski definition) is 2. The highest BCUT2D eigenvalue weighted by Crippen LogP contribution is 2.31. The number of carbonyl (C=O) groups excluding carboxylic acids is 4. The molecule has 15 nitrogen and oxygen atoms in total. The molecular weight excluding hydrogens is 817 g/mol. The van der Waals surface area contributed by atoms with E-state index in [1.165, 1.54) is 4.90 Å². The second-order valence-electron chi connectivity index (χ2n) is 19.1. The van der Waals surface area contributed by atoms with Crippen molar-refractivity contribution < 1.29 is 43.3 Å². The number of carbonyl (C=O) groups is 5. The van der Waals surface area contributed by atoms with Gasteiger partial charge >= 0.3 is 12.1 Å². The number of piperazine rings is 1. The molecule has 15 heteroatoms. The molecule has 3 aliphatic heterocycles. The number of nitrogens with one attached hydrogen (secondary N) is 1. The largest absolute Gasteiger partial charge is 0.497 e. The van der Waals surface area contributed by atoms with Crippen molar-refractivity contribution in [2.75, 3.05) is 85.7 Å². The number of ether oxygens (including phenoxy) is 3. The fourth-order valence-electron chi connectivity index (χ4n) is 9.78. The van der Waals surface area contributed by atoms with E-state index >= 15 is 0 Å². The van der Waals surface area contributed by atoms with Crippen LogP contribution in [0.3, 0.4) is 0 Å². The highest BCUT2D eigenvalue weighted by molar-refractivity contribution is 5.98. The minimum absolute atomic E-state index is 0.000924. The number of rotatable bonds is 16. The molecule has 1 saturated carbocycles. The average molecular weight is 889 g/mol.